The van der Waals surface area contributed by atoms with Crippen LogP contribution in [0.5, 0.6) is 11.5 Å². The van der Waals surface area contributed by atoms with Crippen LogP contribution in [-0.2, 0) is 4.79 Å². The molecule has 1 fully saturated rings. The molecule has 6 nitrogen and oxygen atoms in total. The van der Waals surface area contributed by atoms with E-state index in [-0.39, 0.29) is 11.9 Å². The molecule has 28 heavy (non-hydrogen) atoms. The van der Waals surface area contributed by atoms with Gasteiger partial charge < -0.3 is 19.7 Å². The maximum atomic E-state index is 12.7. The maximum Gasteiger partial charge on any atom is 0.241 e. The number of carbonyl (C=O) groups excluding carboxylic acids is 1. The molecule has 2 heterocycles. The molecule has 2 aromatic carbocycles. The van der Waals surface area contributed by atoms with Gasteiger partial charge in [-0.25, -0.2) is 0 Å². The van der Waals surface area contributed by atoms with Gasteiger partial charge in [0.2, 0.25) is 5.91 Å². The third-order valence-corrected chi connectivity index (χ3v) is 5.56. The van der Waals surface area contributed by atoms with Gasteiger partial charge in [0.1, 0.15) is 13.2 Å². The SMILES string of the molecule is C[C@@H](C(=O)Nc1ccc2c(c1)OCCO2)N1CCN(c2ccccc2Cl)CC1. The first kappa shape index (κ1) is 18.9. The second-order valence-corrected chi connectivity index (χ2v) is 7.41. The van der Waals surface area contributed by atoms with E-state index in [1.807, 2.05) is 49.4 Å². The fraction of sp³-hybridized carbons (Fsp3) is 0.381. The lowest BCUT2D eigenvalue weighted by atomic mass is 10.2. The molecule has 148 valence electrons. The predicted molar refractivity (Wildman–Crippen MR) is 111 cm³/mol. The van der Waals surface area contributed by atoms with Crippen molar-refractivity contribution in [3.05, 3.63) is 47.5 Å². The van der Waals surface area contributed by atoms with Crippen LogP contribution in [0.1, 0.15) is 6.92 Å². The van der Waals surface area contributed by atoms with Crippen molar-refractivity contribution in [3.8, 4) is 11.5 Å². The molecule has 1 atom stereocenters. The number of amides is 1. The van der Waals surface area contributed by atoms with Crippen molar-refractivity contribution in [2.45, 2.75) is 13.0 Å². The largest absolute Gasteiger partial charge is 0.486 e. The van der Waals surface area contributed by atoms with Crippen LogP contribution in [0, 0.1) is 0 Å². The molecule has 1 saturated heterocycles. The van der Waals surface area contributed by atoms with Gasteiger partial charge in [-0.2, -0.15) is 0 Å². The summed E-state index contributed by atoms with van der Waals surface area (Å²) in [4.78, 5) is 17.2. The molecule has 0 aliphatic carbocycles. The van der Waals surface area contributed by atoms with E-state index in [2.05, 4.69) is 15.1 Å². The lowest BCUT2D eigenvalue weighted by Gasteiger charge is -2.38. The number of rotatable bonds is 4. The monoisotopic (exact) mass is 401 g/mol. The van der Waals surface area contributed by atoms with Gasteiger partial charge in [0, 0.05) is 37.9 Å². The number of fused-ring (bicyclic) bond motifs is 1. The number of carbonyl (C=O) groups is 1. The standard InChI is InChI=1S/C21H24ClN3O3/c1-15(21(26)23-16-6-7-19-20(14-16)28-13-12-27-19)24-8-10-25(11-9-24)18-5-3-2-4-17(18)22/h2-7,14-15H,8-13H2,1H3,(H,23,26)/t15-/m0/s1. The molecule has 2 aliphatic heterocycles. The molecule has 1 N–H and O–H groups in total. The van der Waals surface area contributed by atoms with Gasteiger partial charge in [-0.15, -0.1) is 0 Å². The summed E-state index contributed by atoms with van der Waals surface area (Å²) in [6.07, 6.45) is 0. The number of hydrogen-bond acceptors (Lipinski definition) is 5. The maximum absolute atomic E-state index is 12.7. The molecule has 0 spiro atoms. The Bertz CT molecular complexity index is 853. The van der Waals surface area contributed by atoms with E-state index in [1.165, 1.54) is 0 Å². The molecule has 0 radical (unpaired) electrons. The molecule has 0 aromatic heterocycles. The summed E-state index contributed by atoms with van der Waals surface area (Å²) >= 11 is 6.31. The predicted octanol–water partition coefficient (Wildman–Crippen LogP) is 3.26. The van der Waals surface area contributed by atoms with Crippen LogP contribution >= 0.6 is 11.6 Å². The minimum Gasteiger partial charge on any atom is -0.486 e. The van der Waals surface area contributed by atoms with E-state index in [4.69, 9.17) is 21.1 Å². The van der Waals surface area contributed by atoms with Crippen LogP contribution in [0.15, 0.2) is 42.5 Å². The van der Waals surface area contributed by atoms with Crippen LogP contribution in [0.3, 0.4) is 0 Å². The Morgan fingerprint density at radius 1 is 1.04 bits per heavy atom. The summed E-state index contributed by atoms with van der Waals surface area (Å²) in [5.41, 5.74) is 1.77. The fourth-order valence-electron chi connectivity index (χ4n) is 3.59. The van der Waals surface area contributed by atoms with Gasteiger partial charge in [0.05, 0.1) is 16.8 Å². The minimum atomic E-state index is -0.221. The molecule has 0 saturated carbocycles. The van der Waals surface area contributed by atoms with E-state index < -0.39 is 0 Å². The Labute approximate surface area is 170 Å². The summed E-state index contributed by atoms with van der Waals surface area (Å²) in [6.45, 7) is 6.31. The first-order valence-corrected chi connectivity index (χ1v) is 9.93. The molecule has 4 rings (SSSR count). The van der Waals surface area contributed by atoms with Gasteiger partial charge in [-0.3, -0.25) is 9.69 Å². The van der Waals surface area contributed by atoms with E-state index in [0.29, 0.717) is 24.7 Å². The van der Waals surface area contributed by atoms with Crippen molar-refractivity contribution in [2.24, 2.45) is 0 Å². The van der Waals surface area contributed by atoms with Gasteiger partial charge in [-0.05, 0) is 31.2 Å². The minimum absolute atomic E-state index is 0.0251. The molecule has 1 amide bonds. The van der Waals surface area contributed by atoms with Crippen molar-refractivity contribution in [1.29, 1.82) is 0 Å². The smallest absolute Gasteiger partial charge is 0.241 e. The first-order chi connectivity index (χ1) is 13.6. The third kappa shape index (κ3) is 4.03. The molecule has 0 bridgehead atoms. The number of piperazine rings is 1. The van der Waals surface area contributed by atoms with E-state index in [9.17, 15) is 4.79 Å². The highest BCUT2D eigenvalue weighted by atomic mass is 35.5. The van der Waals surface area contributed by atoms with Gasteiger partial charge in [-0.1, -0.05) is 23.7 Å². The molecule has 7 heteroatoms. The summed E-state index contributed by atoms with van der Waals surface area (Å²) in [6, 6.07) is 13.1. The van der Waals surface area contributed by atoms with Crippen LogP contribution < -0.4 is 19.7 Å². The third-order valence-electron chi connectivity index (χ3n) is 5.24. The highest BCUT2D eigenvalue weighted by Crippen LogP contribution is 2.32. The number of anilines is 2. The van der Waals surface area contributed by atoms with E-state index >= 15 is 0 Å². The summed E-state index contributed by atoms with van der Waals surface area (Å²) < 4.78 is 11.1. The lowest BCUT2D eigenvalue weighted by molar-refractivity contribution is -0.120. The molecule has 0 unspecified atom stereocenters. The number of para-hydroxylation sites is 1. The zero-order chi connectivity index (χ0) is 19.5. The van der Waals surface area contributed by atoms with Crippen molar-refractivity contribution in [2.75, 3.05) is 49.6 Å². The molecular formula is C21H24ClN3O3. The second kappa shape index (κ2) is 8.29. The van der Waals surface area contributed by atoms with E-state index in [1.54, 1.807) is 0 Å². The summed E-state index contributed by atoms with van der Waals surface area (Å²) in [7, 11) is 0. The Balaban J connectivity index is 1.34. The van der Waals surface area contributed by atoms with Crippen LogP contribution in [0.2, 0.25) is 5.02 Å². The Hall–Kier alpha value is -2.44. The van der Waals surface area contributed by atoms with Gasteiger partial charge in [0.25, 0.3) is 0 Å². The van der Waals surface area contributed by atoms with Crippen molar-refractivity contribution in [1.82, 2.24) is 4.90 Å². The van der Waals surface area contributed by atoms with Gasteiger partial charge in [0.15, 0.2) is 11.5 Å². The topological polar surface area (TPSA) is 54.0 Å². The van der Waals surface area contributed by atoms with Crippen LogP contribution in [0.4, 0.5) is 11.4 Å². The number of nitrogens with one attached hydrogen (secondary N) is 1. The number of nitrogens with zero attached hydrogens (tertiary/aromatic N) is 2. The fourth-order valence-corrected chi connectivity index (χ4v) is 3.85. The molecule has 2 aliphatic rings. The first-order valence-electron chi connectivity index (χ1n) is 9.56. The molecular weight excluding hydrogens is 378 g/mol. The quantitative estimate of drug-likeness (QED) is 0.852. The zero-order valence-corrected chi connectivity index (χ0v) is 16.6. The average molecular weight is 402 g/mol. The van der Waals surface area contributed by atoms with E-state index in [0.717, 1.165) is 42.6 Å². The molecule has 2 aromatic rings. The van der Waals surface area contributed by atoms with Crippen LogP contribution in [-0.4, -0.2) is 56.2 Å². The number of hydrogen-bond donors (Lipinski definition) is 1. The number of halogens is 1. The summed E-state index contributed by atoms with van der Waals surface area (Å²) in [5.74, 6) is 1.36. The Morgan fingerprint density at radius 3 is 2.50 bits per heavy atom. The number of ether oxygens (including phenoxy) is 2. The number of benzene rings is 2. The summed E-state index contributed by atoms with van der Waals surface area (Å²) in [5, 5.41) is 3.75. The Morgan fingerprint density at radius 2 is 1.75 bits per heavy atom. The zero-order valence-electron chi connectivity index (χ0n) is 15.9. The lowest BCUT2D eigenvalue weighted by Crippen LogP contribution is -2.52. The highest BCUT2D eigenvalue weighted by molar-refractivity contribution is 6.33. The Kier molecular flexibility index (Phi) is 5.59. The van der Waals surface area contributed by atoms with Crippen molar-refractivity contribution in [3.63, 3.8) is 0 Å². The van der Waals surface area contributed by atoms with Crippen molar-refractivity contribution >= 4 is 28.9 Å². The highest BCUT2D eigenvalue weighted by Gasteiger charge is 2.26. The van der Waals surface area contributed by atoms with Crippen LogP contribution in [0.25, 0.3) is 0 Å². The van der Waals surface area contributed by atoms with Crippen molar-refractivity contribution < 1.29 is 14.3 Å². The van der Waals surface area contributed by atoms with Gasteiger partial charge >= 0.3 is 0 Å². The average Bonchev–Trinajstić information content (AvgIpc) is 2.73. The second-order valence-electron chi connectivity index (χ2n) is 7.00. The normalized spacial score (nSPS) is 17.9.